The molecule has 1 amide bonds. The first-order valence-corrected chi connectivity index (χ1v) is 9.07. The molecule has 0 saturated heterocycles. The third kappa shape index (κ3) is 3.06. The van der Waals surface area contributed by atoms with Crippen LogP contribution in [0.3, 0.4) is 0 Å². The molecule has 3 N–H and O–H groups in total. The average molecular weight is 356 g/mol. The first kappa shape index (κ1) is 18.7. The van der Waals surface area contributed by atoms with Gasteiger partial charge in [0, 0.05) is 25.0 Å². The monoisotopic (exact) mass is 356 g/mol. The highest BCUT2D eigenvalue weighted by atomic mass is 16.5. The number of nitrogens with two attached hydrogens (primary N) is 1. The summed E-state index contributed by atoms with van der Waals surface area (Å²) in [5, 5.41) is 5.22. The number of ether oxygens (including phenoxy) is 2. The van der Waals surface area contributed by atoms with Crippen LogP contribution in [-0.2, 0) is 16.1 Å². The molecule has 0 spiro atoms. The molecule has 0 bridgehead atoms. The third-order valence-electron chi connectivity index (χ3n) is 5.80. The number of nitrogens with one attached hydrogen (secondary N) is 1. The molecule has 2 aromatic carbocycles. The fraction of sp³-hybridized carbons (Fsp3) is 0.476. The molecule has 2 atom stereocenters. The van der Waals surface area contributed by atoms with Crippen molar-refractivity contribution in [3.63, 3.8) is 0 Å². The highest BCUT2D eigenvalue weighted by Crippen LogP contribution is 2.49. The van der Waals surface area contributed by atoms with E-state index in [1.165, 1.54) is 0 Å². The van der Waals surface area contributed by atoms with Crippen molar-refractivity contribution in [3.05, 3.63) is 42.0 Å². The number of amides is 1. The Morgan fingerprint density at radius 1 is 1.23 bits per heavy atom. The summed E-state index contributed by atoms with van der Waals surface area (Å²) in [6, 6.07) is 12.1. The SMILES string of the molecule is CCOC1CC(N)(C(=O)NCc2ccc3cc(OC)ccc3c2)C1(C)C. The third-order valence-corrected chi connectivity index (χ3v) is 5.80. The molecule has 5 heteroatoms. The van der Waals surface area contributed by atoms with Crippen LogP contribution in [0.25, 0.3) is 10.8 Å². The van der Waals surface area contributed by atoms with Gasteiger partial charge in [-0.25, -0.2) is 0 Å². The maximum Gasteiger partial charge on any atom is 0.241 e. The van der Waals surface area contributed by atoms with Gasteiger partial charge in [-0.05, 0) is 41.5 Å². The first-order chi connectivity index (χ1) is 12.3. The van der Waals surface area contributed by atoms with E-state index in [-0.39, 0.29) is 17.4 Å². The van der Waals surface area contributed by atoms with Crippen LogP contribution in [-0.4, -0.2) is 31.3 Å². The lowest BCUT2D eigenvalue weighted by atomic mass is 9.54. The summed E-state index contributed by atoms with van der Waals surface area (Å²) >= 11 is 0. The minimum Gasteiger partial charge on any atom is -0.497 e. The molecule has 2 aromatic rings. The Kier molecular flexibility index (Phi) is 4.95. The second kappa shape index (κ2) is 6.89. The molecule has 3 rings (SSSR count). The van der Waals surface area contributed by atoms with E-state index in [0.717, 1.165) is 22.1 Å². The molecule has 1 aliphatic carbocycles. The van der Waals surface area contributed by atoms with Gasteiger partial charge in [0.05, 0.1) is 13.2 Å². The molecule has 0 radical (unpaired) electrons. The van der Waals surface area contributed by atoms with Gasteiger partial charge in [0.1, 0.15) is 11.3 Å². The lowest BCUT2D eigenvalue weighted by Crippen LogP contribution is -2.75. The lowest BCUT2D eigenvalue weighted by Gasteiger charge is -2.57. The fourth-order valence-corrected chi connectivity index (χ4v) is 3.67. The van der Waals surface area contributed by atoms with Gasteiger partial charge in [-0.1, -0.05) is 32.0 Å². The van der Waals surface area contributed by atoms with E-state index in [0.29, 0.717) is 19.6 Å². The topological polar surface area (TPSA) is 73.6 Å². The predicted molar refractivity (Wildman–Crippen MR) is 103 cm³/mol. The number of hydrogen-bond acceptors (Lipinski definition) is 4. The summed E-state index contributed by atoms with van der Waals surface area (Å²) < 4.78 is 11.0. The quantitative estimate of drug-likeness (QED) is 0.834. The fourth-order valence-electron chi connectivity index (χ4n) is 3.67. The molecule has 0 aliphatic heterocycles. The predicted octanol–water partition coefficient (Wildman–Crippen LogP) is 3.00. The zero-order valence-corrected chi connectivity index (χ0v) is 16.0. The van der Waals surface area contributed by atoms with Crippen LogP contribution >= 0.6 is 0 Å². The molecule has 0 heterocycles. The molecular formula is C21H28N2O3. The molecule has 5 nitrogen and oxygen atoms in total. The molecule has 1 saturated carbocycles. The summed E-state index contributed by atoms with van der Waals surface area (Å²) in [5.41, 5.74) is 6.19. The van der Waals surface area contributed by atoms with Gasteiger partial charge in [0.2, 0.25) is 5.91 Å². The summed E-state index contributed by atoms with van der Waals surface area (Å²) in [4.78, 5) is 12.7. The molecule has 1 aliphatic rings. The smallest absolute Gasteiger partial charge is 0.241 e. The van der Waals surface area contributed by atoms with Crippen molar-refractivity contribution < 1.29 is 14.3 Å². The number of methoxy groups -OCH3 is 1. The lowest BCUT2D eigenvalue weighted by molar-refractivity contribution is -0.170. The van der Waals surface area contributed by atoms with Crippen LogP contribution in [0.1, 0.15) is 32.8 Å². The number of benzene rings is 2. The van der Waals surface area contributed by atoms with E-state index < -0.39 is 5.54 Å². The van der Waals surface area contributed by atoms with Crippen molar-refractivity contribution in [2.45, 2.75) is 45.4 Å². The van der Waals surface area contributed by atoms with E-state index in [1.807, 2.05) is 51.1 Å². The van der Waals surface area contributed by atoms with Crippen molar-refractivity contribution in [3.8, 4) is 5.75 Å². The van der Waals surface area contributed by atoms with Crippen LogP contribution in [0, 0.1) is 5.41 Å². The van der Waals surface area contributed by atoms with E-state index in [2.05, 4.69) is 11.4 Å². The molecule has 140 valence electrons. The minimum absolute atomic E-state index is 0.0268. The summed E-state index contributed by atoms with van der Waals surface area (Å²) in [6.45, 7) is 7.05. The number of rotatable bonds is 6. The van der Waals surface area contributed by atoms with Crippen LogP contribution in [0.15, 0.2) is 36.4 Å². The van der Waals surface area contributed by atoms with Gasteiger partial charge < -0.3 is 20.5 Å². The largest absolute Gasteiger partial charge is 0.497 e. The Labute approximate surface area is 154 Å². The Hall–Kier alpha value is -2.11. The zero-order chi connectivity index (χ0) is 18.9. The second-order valence-corrected chi connectivity index (χ2v) is 7.57. The minimum atomic E-state index is -0.892. The van der Waals surface area contributed by atoms with Crippen molar-refractivity contribution in [2.24, 2.45) is 11.1 Å². The van der Waals surface area contributed by atoms with Gasteiger partial charge in [-0.3, -0.25) is 4.79 Å². The van der Waals surface area contributed by atoms with Crippen molar-refractivity contribution in [1.82, 2.24) is 5.32 Å². The van der Waals surface area contributed by atoms with Gasteiger partial charge in [-0.2, -0.15) is 0 Å². The number of carbonyl (C=O) groups excluding carboxylic acids is 1. The molecular weight excluding hydrogens is 328 g/mol. The molecule has 1 fully saturated rings. The van der Waals surface area contributed by atoms with Gasteiger partial charge in [0.15, 0.2) is 0 Å². The standard InChI is InChI=1S/C21H28N2O3/c1-5-26-18-12-21(22,20(18,2)3)19(24)23-13-14-6-7-16-11-17(25-4)9-8-15(16)10-14/h6-11,18H,5,12-13,22H2,1-4H3,(H,23,24). The summed E-state index contributed by atoms with van der Waals surface area (Å²) in [7, 11) is 1.66. The molecule has 0 aromatic heterocycles. The normalized spacial score (nSPS) is 24.1. The number of carbonyl (C=O) groups is 1. The van der Waals surface area contributed by atoms with E-state index in [1.54, 1.807) is 7.11 Å². The van der Waals surface area contributed by atoms with E-state index >= 15 is 0 Å². The zero-order valence-electron chi connectivity index (χ0n) is 16.0. The van der Waals surface area contributed by atoms with Crippen molar-refractivity contribution in [2.75, 3.05) is 13.7 Å². The van der Waals surface area contributed by atoms with Crippen LogP contribution in [0.5, 0.6) is 5.75 Å². The first-order valence-electron chi connectivity index (χ1n) is 9.07. The molecule has 2 unspecified atom stereocenters. The maximum absolute atomic E-state index is 12.7. The Balaban J connectivity index is 1.67. The van der Waals surface area contributed by atoms with Crippen molar-refractivity contribution >= 4 is 16.7 Å². The number of fused-ring (bicyclic) bond motifs is 1. The van der Waals surface area contributed by atoms with Crippen LogP contribution in [0.4, 0.5) is 0 Å². The van der Waals surface area contributed by atoms with Crippen molar-refractivity contribution in [1.29, 1.82) is 0 Å². The summed E-state index contributed by atoms with van der Waals surface area (Å²) in [5.74, 6) is 0.716. The summed E-state index contributed by atoms with van der Waals surface area (Å²) in [6.07, 6.45) is 0.580. The second-order valence-electron chi connectivity index (χ2n) is 7.57. The Morgan fingerprint density at radius 2 is 1.92 bits per heavy atom. The van der Waals surface area contributed by atoms with E-state index in [4.69, 9.17) is 15.2 Å². The number of hydrogen-bond donors (Lipinski definition) is 2. The van der Waals surface area contributed by atoms with E-state index in [9.17, 15) is 4.79 Å². The highest BCUT2D eigenvalue weighted by Gasteiger charge is 2.62. The van der Waals surface area contributed by atoms with Gasteiger partial charge in [0.25, 0.3) is 0 Å². The maximum atomic E-state index is 12.7. The Bertz CT molecular complexity index is 818. The van der Waals surface area contributed by atoms with Crippen LogP contribution in [0.2, 0.25) is 0 Å². The Morgan fingerprint density at radius 3 is 2.58 bits per heavy atom. The van der Waals surface area contributed by atoms with Gasteiger partial charge >= 0.3 is 0 Å². The average Bonchev–Trinajstić information content (AvgIpc) is 2.65. The van der Waals surface area contributed by atoms with Gasteiger partial charge in [-0.15, -0.1) is 0 Å². The highest BCUT2D eigenvalue weighted by molar-refractivity contribution is 5.89. The molecule has 26 heavy (non-hydrogen) atoms. The van der Waals surface area contributed by atoms with Crippen LogP contribution < -0.4 is 15.8 Å².